The average Bonchev–Trinajstić information content (AvgIpc) is 2.42. The van der Waals surface area contributed by atoms with Gasteiger partial charge in [0.25, 0.3) is 5.91 Å². The number of aryl methyl sites for hydroxylation is 2. The van der Waals surface area contributed by atoms with E-state index in [1.54, 1.807) is 30.3 Å². The Morgan fingerprint density at radius 2 is 2.00 bits per heavy atom. The van der Waals surface area contributed by atoms with Crippen molar-refractivity contribution in [2.75, 3.05) is 17.7 Å². The number of rotatable bonds is 4. The predicted molar refractivity (Wildman–Crippen MR) is 93.6 cm³/mol. The summed E-state index contributed by atoms with van der Waals surface area (Å²) in [5.41, 5.74) is 8.83. The molecule has 0 radical (unpaired) electrons. The molecule has 1 amide bonds. The minimum atomic E-state index is -0.247. The quantitative estimate of drug-likeness (QED) is 0.773. The smallest absolute Gasteiger partial charge is 0.262 e. The molecule has 6 heteroatoms. The van der Waals surface area contributed by atoms with Gasteiger partial charge >= 0.3 is 0 Å². The van der Waals surface area contributed by atoms with Crippen LogP contribution in [0, 0.1) is 13.8 Å². The van der Waals surface area contributed by atoms with Gasteiger partial charge in [0, 0.05) is 15.2 Å². The van der Waals surface area contributed by atoms with Gasteiger partial charge < -0.3 is 15.8 Å². The maximum absolute atomic E-state index is 12.0. The van der Waals surface area contributed by atoms with Gasteiger partial charge in [0.2, 0.25) is 0 Å². The van der Waals surface area contributed by atoms with Crippen LogP contribution in [0.5, 0.6) is 5.75 Å². The third kappa shape index (κ3) is 4.15. The van der Waals surface area contributed by atoms with Gasteiger partial charge in [0.15, 0.2) is 6.61 Å². The molecule has 0 unspecified atom stereocenters. The highest BCUT2D eigenvalue weighted by Gasteiger charge is 2.10. The van der Waals surface area contributed by atoms with Crippen LogP contribution >= 0.6 is 27.5 Å². The molecule has 2 rings (SSSR count). The highest BCUT2D eigenvalue weighted by atomic mass is 79.9. The van der Waals surface area contributed by atoms with E-state index in [0.717, 1.165) is 15.6 Å². The number of carbonyl (C=O) groups excluding carboxylic acids is 1. The molecule has 0 heterocycles. The van der Waals surface area contributed by atoms with Gasteiger partial charge in [-0.1, -0.05) is 11.6 Å². The fourth-order valence-electron chi connectivity index (χ4n) is 2.02. The monoisotopic (exact) mass is 382 g/mol. The van der Waals surface area contributed by atoms with E-state index in [2.05, 4.69) is 21.2 Å². The summed E-state index contributed by atoms with van der Waals surface area (Å²) in [5.74, 6) is 0.385. The van der Waals surface area contributed by atoms with Crippen molar-refractivity contribution in [3.8, 4) is 5.75 Å². The molecule has 116 valence electrons. The third-order valence-electron chi connectivity index (χ3n) is 3.07. The molecule has 2 aromatic rings. The Morgan fingerprint density at radius 3 is 2.64 bits per heavy atom. The van der Waals surface area contributed by atoms with Crippen molar-refractivity contribution in [3.05, 3.63) is 51.0 Å². The van der Waals surface area contributed by atoms with Gasteiger partial charge in [-0.3, -0.25) is 4.79 Å². The Labute approximate surface area is 142 Å². The molecule has 0 aliphatic heterocycles. The van der Waals surface area contributed by atoms with Crippen LogP contribution in [-0.2, 0) is 4.79 Å². The van der Waals surface area contributed by atoms with Crippen molar-refractivity contribution >= 4 is 44.8 Å². The maximum Gasteiger partial charge on any atom is 0.262 e. The number of nitrogens with two attached hydrogens (primary N) is 1. The standard InChI is InChI=1S/C16H16BrClN2O2/c1-9-5-11(18)3-4-14(9)22-8-15(21)20-16-10(2)6-12(19)7-13(16)17/h3-7H,8,19H2,1-2H3,(H,20,21). The number of carbonyl (C=O) groups is 1. The molecule has 4 nitrogen and oxygen atoms in total. The molecule has 0 aliphatic carbocycles. The molecule has 22 heavy (non-hydrogen) atoms. The van der Waals surface area contributed by atoms with Crippen molar-refractivity contribution in [1.29, 1.82) is 0 Å². The molecular formula is C16H16BrClN2O2. The van der Waals surface area contributed by atoms with E-state index in [1.807, 2.05) is 13.8 Å². The van der Waals surface area contributed by atoms with Gasteiger partial charge in [-0.15, -0.1) is 0 Å². The number of halogens is 2. The lowest BCUT2D eigenvalue weighted by Crippen LogP contribution is -2.21. The fraction of sp³-hybridized carbons (Fsp3) is 0.188. The Balaban J connectivity index is 2.02. The van der Waals surface area contributed by atoms with Crippen molar-refractivity contribution in [2.45, 2.75) is 13.8 Å². The summed E-state index contributed by atoms with van der Waals surface area (Å²) in [6.45, 7) is 3.67. The van der Waals surface area contributed by atoms with E-state index in [0.29, 0.717) is 22.1 Å². The average molecular weight is 384 g/mol. The maximum atomic E-state index is 12.0. The van der Waals surface area contributed by atoms with Crippen molar-refractivity contribution < 1.29 is 9.53 Å². The zero-order valence-corrected chi connectivity index (χ0v) is 14.6. The summed E-state index contributed by atoms with van der Waals surface area (Å²) in [6.07, 6.45) is 0. The van der Waals surface area contributed by atoms with Crippen LogP contribution < -0.4 is 15.8 Å². The number of hydrogen-bond acceptors (Lipinski definition) is 3. The van der Waals surface area contributed by atoms with Crippen LogP contribution in [0.3, 0.4) is 0 Å². The number of ether oxygens (including phenoxy) is 1. The van der Waals surface area contributed by atoms with Gasteiger partial charge in [-0.25, -0.2) is 0 Å². The van der Waals surface area contributed by atoms with E-state index in [-0.39, 0.29) is 12.5 Å². The molecular weight excluding hydrogens is 368 g/mol. The molecule has 0 saturated carbocycles. The molecule has 0 saturated heterocycles. The number of anilines is 2. The molecule has 2 aromatic carbocycles. The summed E-state index contributed by atoms with van der Waals surface area (Å²) < 4.78 is 6.26. The van der Waals surface area contributed by atoms with E-state index in [9.17, 15) is 4.79 Å². The second kappa shape index (κ2) is 7.03. The first-order chi connectivity index (χ1) is 10.4. The first-order valence-corrected chi connectivity index (χ1v) is 7.78. The number of benzene rings is 2. The molecule has 0 bridgehead atoms. The SMILES string of the molecule is Cc1cc(Cl)ccc1OCC(=O)Nc1c(C)cc(N)cc1Br. The topological polar surface area (TPSA) is 64.3 Å². The minimum absolute atomic E-state index is 0.0846. The molecule has 0 fully saturated rings. The van der Waals surface area contributed by atoms with E-state index < -0.39 is 0 Å². The van der Waals surface area contributed by atoms with Crippen LogP contribution in [0.4, 0.5) is 11.4 Å². The minimum Gasteiger partial charge on any atom is -0.483 e. The number of nitrogens with one attached hydrogen (secondary N) is 1. The van der Waals surface area contributed by atoms with Gasteiger partial charge in [-0.2, -0.15) is 0 Å². The molecule has 0 aliphatic rings. The van der Waals surface area contributed by atoms with Crippen LogP contribution in [-0.4, -0.2) is 12.5 Å². The highest BCUT2D eigenvalue weighted by Crippen LogP contribution is 2.29. The van der Waals surface area contributed by atoms with Crippen molar-refractivity contribution in [3.63, 3.8) is 0 Å². The van der Waals surface area contributed by atoms with Crippen molar-refractivity contribution in [2.24, 2.45) is 0 Å². The largest absolute Gasteiger partial charge is 0.483 e. The first-order valence-electron chi connectivity index (χ1n) is 6.61. The van der Waals surface area contributed by atoms with Crippen LogP contribution in [0.25, 0.3) is 0 Å². The lowest BCUT2D eigenvalue weighted by Gasteiger charge is -2.13. The second-order valence-corrected chi connectivity index (χ2v) is 6.23. The van der Waals surface area contributed by atoms with Gasteiger partial charge in [-0.05, 0) is 71.2 Å². The second-order valence-electron chi connectivity index (χ2n) is 4.94. The summed E-state index contributed by atoms with van der Waals surface area (Å²) in [7, 11) is 0. The zero-order valence-electron chi connectivity index (χ0n) is 12.2. The molecule has 3 N–H and O–H groups in total. The third-order valence-corrected chi connectivity index (χ3v) is 3.93. The first kappa shape index (κ1) is 16.6. The Hall–Kier alpha value is -1.72. The molecule has 0 aromatic heterocycles. The van der Waals surface area contributed by atoms with Gasteiger partial charge in [0.1, 0.15) is 5.75 Å². The normalized spacial score (nSPS) is 10.4. The summed E-state index contributed by atoms with van der Waals surface area (Å²) in [5, 5.41) is 3.45. The van der Waals surface area contributed by atoms with E-state index in [1.165, 1.54) is 0 Å². The predicted octanol–water partition coefficient (Wildman–Crippen LogP) is 4.32. The zero-order chi connectivity index (χ0) is 16.3. The van der Waals surface area contributed by atoms with Crippen LogP contribution in [0.1, 0.15) is 11.1 Å². The molecule has 0 spiro atoms. The lowest BCUT2D eigenvalue weighted by atomic mass is 10.2. The fourth-order valence-corrected chi connectivity index (χ4v) is 2.93. The lowest BCUT2D eigenvalue weighted by molar-refractivity contribution is -0.118. The number of amides is 1. The highest BCUT2D eigenvalue weighted by molar-refractivity contribution is 9.10. The van der Waals surface area contributed by atoms with Crippen LogP contribution in [0.2, 0.25) is 5.02 Å². The van der Waals surface area contributed by atoms with Crippen LogP contribution in [0.15, 0.2) is 34.8 Å². The van der Waals surface area contributed by atoms with E-state index >= 15 is 0 Å². The van der Waals surface area contributed by atoms with Gasteiger partial charge in [0.05, 0.1) is 5.69 Å². The summed E-state index contributed by atoms with van der Waals surface area (Å²) >= 11 is 9.28. The van der Waals surface area contributed by atoms with E-state index in [4.69, 9.17) is 22.1 Å². The Morgan fingerprint density at radius 1 is 1.27 bits per heavy atom. The number of hydrogen-bond donors (Lipinski definition) is 2. The summed E-state index contributed by atoms with van der Waals surface area (Å²) in [6, 6.07) is 8.80. The summed E-state index contributed by atoms with van der Waals surface area (Å²) in [4.78, 5) is 12.0. The Bertz CT molecular complexity index is 696. The van der Waals surface area contributed by atoms with Crippen molar-refractivity contribution in [1.82, 2.24) is 0 Å². The Kier molecular flexibility index (Phi) is 5.32. The number of nitrogen functional groups attached to an aromatic ring is 1. The molecule has 0 atom stereocenters.